The quantitative estimate of drug-likeness (QED) is 0.471. The lowest BCUT2D eigenvalue weighted by Gasteiger charge is -2.04. The summed E-state index contributed by atoms with van der Waals surface area (Å²) in [6, 6.07) is 10.4. The fraction of sp³-hybridized carbons (Fsp3) is 0.250. The van der Waals surface area contributed by atoms with E-state index in [0.717, 1.165) is 23.8 Å². The average molecular weight is 497 g/mol. The SMILES string of the molecule is COC(=O)Cn1c(=NC(=O)Cc2ccc(S(C)(=O)=O)cc2)sc2cc(S(C)(=O)=O)ccc21. The minimum Gasteiger partial charge on any atom is -0.468 e. The van der Waals surface area contributed by atoms with Gasteiger partial charge in [0, 0.05) is 12.5 Å². The van der Waals surface area contributed by atoms with E-state index in [4.69, 9.17) is 4.74 Å². The molecule has 9 nitrogen and oxygen atoms in total. The van der Waals surface area contributed by atoms with E-state index in [1.165, 1.54) is 48.1 Å². The third-order valence-electron chi connectivity index (χ3n) is 4.52. The molecule has 0 saturated heterocycles. The maximum Gasteiger partial charge on any atom is 0.325 e. The molecule has 0 radical (unpaired) electrons. The molecule has 12 heteroatoms. The van der Waals surface area contributed by atoms with Crippen molar-refractivity contribution in [2.75, 3.05) is 19.6 Å². The molecule has 0 unspecified atom stereocenters. The van der Waals surface area contributed by atoms with E-state index in [2.05, 4.69) is 4.99 Å². The summed E-state index contributed by atoms with van der Waals surface area (Å²) in [5, 5.41) is 0. The van der Waals surface area contributed by atoms with Gasteiger partial charge in [-0.25, -0.2) is 16.8 Å². The number of sulfone groups is 2. The molecule has 0 fully saturated rings. The van der Waals surface area contributed by atoms with Crippen molar-refractivity contribution >= 4 is 53.1 Å². The number of ether oxygens (including phenoxy) is 1. The van der Waals surface area contributed by atoms with Crippen LogP contribution in [0.1, 0.15) is 5.56 Å². The number of rotatable bonds is 6. The lowest BCUT2D eigenvalue weighted by Crippen LogP contribution is -2.22. The van der Waals surface area contributed by atoms with Gasteiger partial charge in [0.05, 0.1) is 33.5 Å². The van der Waals surface area contributed by atoms with Crippen molar-refractivity contribution in [1.29, 1.82) is 0 Å². The highest BCUT2D eigenvalue weighted by Gasteiger charge is 2.15. The Morgan fingerprint density at radius 1 is 0.969 bits per heavy atom. The predicted octanol–water partition coefficient (Wildman–Crippen LogP) is 1.35. The third kappa shape index (κ3) is 5.50. The molecule has 3 aromatic rings. The van der Waals surface area contributed by atoms with Crippen molar-refractivity contribution in [3.05, 3.63) is 52.8 Å². The number of esters is 1. The summed E-state index contributed by atoms with van der Waals surface area (Å²) in [6.45, 7) is -0.204. The maximum absolute atomic E-state index is 12.6. The average Bonchev–Trinajstić information content (AvgIpc) is 3.03. The van der Waals surface area contributed by atoms with Crippen molar-refractivity contribution in [3.63, 3.8) is 0 Å². The van der Waals surface area contributed by atoms with Crippen molar-refractivity contribution in [3.8, 4) is 0 Å². The second kappa shape index (κ2) is 8.96. The molecule has 0 N–H and O–H groups in total. The van der Waals surface area contributed by atoms with Gasteiger partial charge < -0.3 is 9.30 Å². The molecule has 1 heterocycles. The molecule has 2 aromatic carbocycles. The van der Waals surface area contributed by atoms with Crippen LogP contribution in [0.2, 0.25) is 0 Å². The maximum atomic E-state index is 12.6. The molecular formula is C20H20N2O7S3. The number of benzene rings is 2. The number of nitrogens with zero attached hydrogens (tertiary/aromatic N) is 2. The molecule has 1 aromatic heterocycles. The zero-order valence-corrected chi connectivity index (χ0v) is 19.9. The van der Waals surface area contributed by atoms with Crippen molar-refractivity contribution in [2.45, 2.75) is 22.8 Å². The predicted molar refractivity (Wildman–Crippen MR) is 119 cm³/mol. The molecule has 0 aliphatic carbocycles. The van der Waals surface area contributed by atoms with Gasteiger partial charge in [-0.2, -0.15) is 4.99 Å². The highest BCUT2D eigenvalue weighted by Crippen LogP contribution is 2.22. The van der Waals surface area contributed by atoms with E-state index in [0.29, 0.717) is 15.8 Å². The number of methoxy groups -OCH3 is 1. The van der Waals surface area contributed by atoms with Gasteiger partial charge >= 0.3 is 5.97 Å². The zero-order chi connectivity index (χ0) is 23.7. The van der Waals surface area contributed by atoms with Gasteiger partial charge in [0.1, 0.15) is 6.54 Å². The summed E-state index contributed by atoms with van der Waals surface area (Å²) in [6.07, 6.45) is 2.11. The van der Waals surface area contributed by atoms with Crippen molar-refractivity contribution in [1.82, 2.24) is 4.57 Å². The smallest absolute Gasteiger partial charge is 0.325 e. The van der Waals surface area contributed by atoms with Gasteiger partial charge in [-0.15, -0.1) is 0 Å². The molecule has 0 spiro atoms. The Labute approximate surface area is 188 Å². The van der Waals surface area contributed by atoms with Crippen LogP contribution in [0.25, 0.3) is 10.2 Å². The van der Waals surface area contributed by atoms with Crippen LogP contribution in [-0.2, 0) is 47.0 Å². The first-order valence-electron chi connectivity index (χ1n) is 9.15. The molecule has 0 aliphatic rings. The first kappa shape index (κ1) is 23.8. The molecule has 0 aliphatic heterocycles. The minimum absolute atomic E-state index is 0.0783. The van der Waals surface area contributed by atoms with Crippen LogP contribution in [0.4, 0.5) is 0 Å². The summed E-state index contributed by atoms with van der Waals surface area (Å²) in [7, 11) is -5.54. The molecule has 0 atom stereocenters. The summed E-state index contributed by atoms with van der Waals surface area (Å²) >= 11 is 1.08. The van der Waals surface area contributed by atoms with Crippen LogP contribution in [-0.4, -0.2) is 52.9 Å². The van der Waals surface area contributed by atoms with Crippen LogP contribution in [0, 0.1) is 0 Å². The van der Waals surface area contributed by atoms with Crippen molar-refractivity contribution < 1.29 is 31.2 Å². The molecular weight excluding hydrogens is 476 g/mol. The molecule has 0 bridgehead atoms. The van der Waals surface area contributed by atoms with Crippen LogP contribution >= 0.6 is 11.3 Å². The van der Waals surface area contributed by atoms with Gasteiger partial charge in [0.15, 0.2) is 24.5 Å². The number of thiazole rings is 1. The van der Waals surface area contributed by atoms with E-state index >= 15 is 0 Å². The van der Waals surface area contributed by atoms with E-state index in [-0.39, 0.29) is 27.6 Å². The van der Waals surface area contributed by atoms with Gasteiger partial charge in [0.25, 0.3) is 5.91 Å². The lowest BCUT2D eigenvalue weighted by atomic mass is 10.1. The number of fused-ring (bicyclic) bond motifs is 1. The minimum atomic E-state index is -3.44. The Morgan fingerprint density at radius 2 is 1.56 bits per heavy atom. The lowest BCUT2D eigenvalue weighted by molar-refractivity contribution is -0.141. The standard InChI is InChI=1S/C20H20N2O7S3/c1-29-19(24)12-22-16-9-8-15(32(3,27)28)11-17(16)30-20(22)21-18(23)10-13-4-6-14(7-5-13)31(2,25)26/h4-9,11H,10,12H2,1-3H3. The second-order valence-corrected chi connectivity index (χ2v) is 12.1. The third-order valence-corrected chi connectivity index (χ3v) is 7.80. The van der Waals surface area contributed by atoms with Crippen LogP contribution in [0.3, 0.4) is 0 Å². The van der Waals surface area contributed by atoms with Gasteiger partial charge in [-0.3, -0.25) is 9.59 Å². The van der Waals surface area contributed by atoms with Gasteiger partial charge in [-0.1, -0.05) is 23.5 Å². The summed E-state index contributed by atoms with van der Waals surface area (Å²) in [4.78, 5) is 29.0. The first-order valence-corrected chi connectivity index (χ1v) is 13.8. The Kier molecular flexibility index (Phi) is 6.67. The van der Waals surface area contributed by atoms with E-state index in [1.54, 1.807) is 6.07 Å². The van der Waals surface area contributed by atoms with Crippen LogP contribution in [0.15, 0.2) is 57.2 Å². The Hall–Kier alpha value is -2.83. The Morgan fingerprint density at radius 3 is 2.12 bits per heavy atom. The van der Waals surface area contributed by atoms with Crippen molar-refractivity contribution in [2.24, 2.45) is 4.99 Å². The zero-order valence-electron chi connectivity index (χ0n) is 17.4. The summed E-state index contributed by atoms with van der Waals surface area (Å²) in [5.74, 6) is -1.06. The number of carbonyl (C=O) groups is 2. The highest BCUT2D eigenvalue weighted by molar-refractivity contribution is 7.91. The molecule has 3 rings (SSSR count). The van der Waals surface area contributed by atoms with E-state index < -0.39 is 31.6 Å². The highest BCUT2D eigenvalue weighted by atomic mass is 32.2. The molecule has 0 saturated carbocycles. The summed E-state index contributed by atoms with van der Waals surface area (Å²) in [5.41, 5.74) is 1.11. The number of amides is 1. The van der Waals surface area contributed by atoms with E-state index in [9.17, 15) is 26.4 Å². The Balaban J connectivity index is 2.02. The second-order valence-electron chi connectivity index (χ2n) is 7.05. The van der Waals surface area contributed by atoms with Crippen LogP contribution < -0.4 is 4.80 Å². The fourth-order valence-electron chi connectivity index (χ4n) is 2.89. The number of hydrogen-bond acceptors (Lipinski definition) is 8. The number of aromatic nitrogens is 1. The number of carbonyl (C=O) groups excluding carboxylic acids is 2. The molecule has 1 amide bonds. The number of hydrogen-bond donors (Lipinski definition) is 0. The topological polar surface area (TPSA) is 129 Å². The fourth-order valence-corrected chi connectivity index (χ4v) is 5.33. The first-order chi connectivity index (χ1) is 14.9. The van der Waals surface area contributed by atoms with E-state index in [1.807, 2.05) is 0 Å². The monoisotopic (exact) mass is 496 g/mol. The van der Waals surface area contributed by atoms with Gasteiger partial charge in [-0.05, 0) is 35.9 Å². The molecule has 170 valence electrons. The Bertz CT molecular complexity index is 1480. The normalized spacial score (nSPS) is 12.8. The largest absolute Gasteiger partial charge is 0.468 e. The van der Waals surface area contributed by atoms with Crippen LogP contribution in [0.5, 0.6) is 0 Å². The van der Waals surface area contributed by atoms with Gasteiger partial charge in [0.2, 0.25) is 0 Å². The summed E-state index contributed by atoms with van der Waals surface area (Å²) < 4.78 is 53.6. The molecule has 32 heavy (non-hydrogen) atoms.